The number of nitrogens with one attached hydrogen (secondary N) is 1. The highest BCUT2D eigenvalue weighted by molar-refractivity contribution is 6.12. The third-order valence-electron chi connectivity index (χ3n) is 6.22. The van der Waals surface area contributed by atoms with Crippen LogP contribution in [0.15, 0.2) is 46.8 Å². The van der Waals surface area contributed by atoms with E-state index in [4.69, 9.17) is 18.9 Å². The molecule has 8 nitrogen and oxygen atoms in total. The Bertz CT molecular complexity index is 1040. The molecule has 3 rings (SSSR count). The number of esters is 2. The summed E-state index contributed by atoms with van der Waals surface area (Å²) in [6, 6.07) is 7.35. The molecule has 0 fully saturated rings. The molecule has 0 aromatic heterocycles. The van der Waals surface area contributed by atoms with Crippen LogP contribution in [0.25, 0.3) is 0 Å². The Morgan fingerprint density at radius 3 is 2.54 bits per heavy atom. The fraction of sp³-hybridized carbons (Fsp3) is 0.519. The molecule has 1 N–H and O–H groups in total. The van der Waals surface area contributed by atoms with E-state index in [1.807, 2.05) is 52.0 Å². The first-order chi connectivity index (χ1) is 16.7. The van der Waals surface area contributed by atoms with Crippen molar-refractivity contribution in [3.8, 4) is 5.75 Å². The Hall–Kier alpha value is -3.13. The van der Waals surface area contributed by atoms with E-state index >= 15 is 0 Å². The van der Waals surface area contributed by atoms with Crippen molar-refractivity contribution in [3.05, 3.63) is 52.4 Å². The Labute approximate surface area is 206 Å². The lowest BCUT2D eigenvalue weighted by atomic mass is 9.69. The van der Waals surface area contributed by atoms with Gasteiger partial charge in [0, 0.05) is 29.1 Å². The number of benzene rings is 1. The largest absolute Gasteiger partial charge is 0.491 e. The van der Waals surface area contributed by atoms with Crippen molar-refractivity contribution in [3.63, 3.8) is 0 Å². The molecule has 0 amide bonds. The molecule has 0 spiro atoms. The number of carbonyl (C=O) groups excluding carboxylic acids is 3. The van der Waals surface area contributed by atoms with Crippen LogP contribution in [-0.4, -0.2) is 50.8 Å². The van der Waals surface area contributed by atoms with E-state index in [0.29, 0.717) is 46.9 Å². The van der Waals surface area contributed by atoms with Crippen molar-refractivity contribution in [1.82, 2.24) is 5.32 Å². The summed E-state index contributed by atoms with van der Waals surface area (Å²) in [6.45, 7) is 10.2. The highest BCUT2D eigenvalue weighted by Crippen LogP contribution is 2.47. The molecule has 0 radical (unpaired) electrons. The van der Waals surface area contributed by atoms with E-state index in [1.165, 1.54) is 7.11 Å². The Morgan fingerprint density at radius 2 is 1.89 bits per heavy atom. The van der Waals surface area contributed by atoms with Gasteiger partial charge in [0.15, 0.2) is 5.78 Å². The SMILES string of the molecule is CCOCCOC(=O)C1=C(C)NC2=C(C(=O)C(C(=O)OC)C(C)C2)C1c1ccccc1OC(C)C. The fourth-order valence-electron chi connectivity index (χ4n) is 4.76. The Morgan fingerprint density at radius 1 is 1.17 bits per heavy atom. The van der Waals surface area contributed by atoms with Gasteiger partial charge in [-0.1, -0.05) is 25.1 Å². The maximum absolute atomic E-state index is 13.8. The Balaban J connectivity index is 2.14. The van der Waals surface area contributed by atoms with E-state index < -0.39 is 23.8 Å². The number of allylic oxidation sites excluding steroid dienone is 3. The smallest absolute Gasteiger partial charge is 0.336 e. The molecular weight excluding hydrogens is 450 g/mol. The summed E-state index contributed by atoms with van der Waals surface area (Å²) in [6.07, 6.45) is 0.344. The van der Waals surface area contributed by atoms with E-state index in [0.717, 1.165) is 0 Å². The van der Waals surface area contributed by atoms with Crippen molar-refractivity contribution in [2.24, 2.45) is 11.8 Å². The summed E-state index contributed by atoms with van der Waals surface area (Å²) in [5.74, 6) is -2.87. The molecule has 8 heteroatoms. The molecule has 35 heavy (non-hydrogen) atoms. The summed E-state index contributed by atoms with van der Waals surface area (Å²) < 4.78 is 21.8. The van der Waals surface area contributed by atoms with Gasteiger partial charge in [-0.25, -0.2) is 4.79 Å². The first kappa shape index (κ1) is 26.5. The number of carbonyl (C=O) groups is 3. The molecular formula is C27H35NO7. The normalized spacial score (nSPS) is 22.0. The molecule has 2 aliphatic rings. The van der Waals surface area contributed by atoms with Gasteiger partial charge >= 0.3 is 11.9 Å². The van der Waals surface area contributed by atoms with Gasteiger partial charge in [0.1, 0.15) is 18.3 Å². The first-order valence-electron chi connectivity index (χ1n) is 12.0. The minimum Gasteiger partial charge on any atom is -0.491 e. The first-order valence-corrected chi connectivity index (χ1v) is 12.0. The predicted octanol–water partition coefficient (Wildman–Crippen LogP) is 3.67. The van der Waals surface area contributed by atoms with Crippen molar-refractivity contribution in [2.75, 3.05) is 26.9 Å². The fourth-order valence-corrected chi connectivity index (χ4v) is 4.76. The number of dihydropyridines is 1. The minimum absolute atomic E-state index is 0.0853. The molecule has 190 valence electrons. The number of Topliss-reactive ketones (excluding diaryl/α,β-unsaturated/α-hetero) is 1. The monoisotopic (exact) mass is 485 g/mol. The molecule has 1 aromatic rings. The molecule has 1 aliphatic heterocycles. The quantitative estimate of drug-likeness (QED) is 0.321. The van der Waals surface area contributed by atoms with Crippen LogP contribution < -0.4 is 10.1 Å². The molecule has 1 heterocycles. The van der Waals surface area contributed by atoms with Crippen LogP contribution in [0.4, 0.5) is 0 Å². The number of ether oxygens (including phenoxy) is 4. The molecule has 3 atom stereocenters. The van der Waals surface area contributed by atoms with E-state index in [-0.39, 0.29) is 31.0 Å². The number of hydrogen-bond acceptors (Lipinski definition) is 8. The zero-order valence-corrected chi connectivity index (χ0v) is 21.3. The second-order valence-electron chi connectivity index (χ2n) is 9.07. The molecule has 0 bridgehead atoms. The van der Waals surface area contributed by atoms with E-state index in [2.05, 4.69) is 5.32 Å². The molecule has 1 aliphatic carbocycles. The maximum atomic E-state index is 13.8. The van der Waals surface area contributed by atoms with Crippen molar-refractivity contribution >= 4 is 17.7 Å². The standard InChI is InChI=1S/C27H35NO7/c1-7-33-12-13-34-27(31)22-17(5)28-19-14-16(4)21(26(30)32-6)25(29)24(19)23(22)18-10-8-9-11-20(18)35-15(2)3/h8-11,15-16,21,23,28H,7,12-14H2,1-6H3. The minimum atomic E-state index is -0.949. The number of ketones is 1. The molecule has 1 aromatic carbocycles. The van der Waals surface area contributed by atoms with Crippen LogP contribution in [0.5, 0.6) is 5.75 Å². The van der Waals surface area contributed by atoms with Crippen LogP contribution in [0.2, 0.25) is 0 Å². The van der Waals surface area contributed by atoms with Crippen LogP contribution in [0.1, 0.15) is 52.5 Å². The lowest BCUT2D eigenvalue weighted by Crippen LogP contribution is -2.43. The maximum Gasteiger partial charge on any atom is 0.336 e. The van der Waals surface area contributed by atoms with Crippen LogP contribution in [0.3, 0.4) is 0 Å². The third kappa shape index (κ3) is 5.59. The van der Waals surface area contributed by atoms with E-state index in [1.54, 1.807) is 6.92 Å². The van der Waals surface area contributed by atoms with Gasteiger partial charge in [0.05, 0.1) is 31.3 Å². The lowest BCUT2D eigenvalue weighted by Gasteiger charge is -2.38. The van der Waals surface area contributed by atoms with Crippen molar-refractivity contribution < 1.29 is 33.3 Å². The van der Waals surface area contributed by atoms with Gasteiger partial charge in [-0.3, -0.25) is 9.59 Å². The Kier molecular flexibility index (Phi) is 8.72. The van der Waals surface area contributed by atoms with Gasteiger partial charge in [-0.2, -0.15) is 0 Å². The van der Waals surface area contributed by atoms with Crippen LogP contribution in [0, 0.1) is 11.8 Å². The molecule has 0 saturated heterocycles. The van der Waals surface area contributed by atoms with Gasteiger partial charge in [-0.05, 0) is 46.1 Å². The van der Waals surface area contributed by atoms with Gasteiger partial charge in [0.25, 0.3) is 0 Å². The number of rotatable bonds is 9. The van der Waals surface area contributed by atoms with E-state index in [9.17, 15) is 14.4 Å². The van der Waals surface area contributed by atoms with Gasteiger partial charge in [-0.15, -0.1) is 0 Å². The average Bonchev–Trinajstić information content (AvgIpc) is 2.80. The highest BCUT2D eigenvalue weighted by Gasteiger charge is 2.47. The van der Waals surface area contributed by atoms with Crippen LogP contribution >= 0.6 is 0 Å². The summed E-state index contributed by atoms with van der Waals surface area (Å²) in [5, 5.41) is 3.26. The highest BCUT2D eigenvalue weighted by atomic mass is 16.6. The zero-order valence-electron chi connectivity index (χ0n) is 21.3. The lowest BCUT2D eigenvalue weighted by molar-refractivity contribution is -0.151. The summed E-state index contributed by atoms with van der Waals surface area (Å²) >= 11 is 0. The van der Waals surface area contributed by atoms with Gasteiger partial charge in [0.2, 0.25) is 0 Å². The van der Waals surface area contributed by atoms with Crippen molar-refractivity contribution in [2.45, 2.75) is 53.1 Å². The second-order valence-corrected chi connectivity index (χ2v) is 9.07. The number of methoxy groups -OCH3 is 1. The second kappa shape index (κ2) is 11.5. The van der Waals surface area contributed by atoms with Crippen LogP contribution in [-0.2, 0) is 28.6 Å². The summed E-state index contributed by atoms with van der Waals surface area (Å²) in [4.78, 5) is 39.8. The summed E-state index contributed by atoms with van der Waals surface area (Å²) in [5.41, 5.74) is 2.66. The third-order valence-corrected chi connectivity index (χ3v) is 6.22. The van der Waals surface area contributed by atoms with Gasteiger partial charge < -0.3 is 24.3 Å². The number of hydrogen-bond donors (Lipinski definition) is 1. The summed E-state index contributed by atoms with van der Waals surface area (Å²) in [7, 11) is 1.28. The van der Waals surface area contributed by atoms with Crippen molar-refractivity contribution in [1.29, 1.82) is 0 Å². The molecule has 3 unspecified atom stereocenters. The number of para-hydroxylation sites is 1. The molecule has 0 saturated carbocycles. The average molecular weight is 486 g/mol. The predicted molar refractivity (Wildman–Crippen MR) is 130 cm³/mol. The zero-order chi connectivity index (χ0) is 25.7. The topological polar surface area (TPSA) is 100 Å².